The van der Waals surface area contributed by atoms with Crippen LogP contribution in [-0.4, -0.2) is 90.7 Å². The van der Waals surface area contributed by atoms with Crippen molar-refractivity contribution >= 4 is 28.1 Å². The number of β-amino-alcohol motifs (C(OH)–C–C–N with tert-alkyl or cyclic N) is 1. The number of thiazole rings is 1. The molecular weight excluding hydrogens is 362 g/mol. The Hall–Kier alpha value is -1.97. The second-order valence-electron chi connectivity index (χ2n) is 7.03. The molecule has 2 saturated heterocycles. The summed E-state index contributed by atoms with van der Waals surface area (Å²) in [6.45, 7) is 10.7. The van der Waals surface area contributed by atoms with Crippen molar-refractivity contribution in [2.75, 3.05) is 80.2 Å². The number of rotatable bonds is 5. The number of anilines is 3. The summed E-state index contributed by atoms with van der Waals surface area (Å²) in [5.74, 6) is 1.90. The van der Waals surface area contributed by atoms with E-state index in [1.54, 1.807) is 11.3 Å². The third kappa shape index (κ3) is 4.31. The Bertz CT molecular complexity index is 722. The van der Waals surface area contributed by atoms with Crippen LogP contribution < -0.4 is 14.7 Å². The highest BCUT2D eigenvalue weighted by atomic mass is 32.1. The van der Waals surface area contributed by atoms with Crippen molar-refractivity contribution < 1.29 is 5.11 Å². The van der Waals surface area contributed by atoms with E-state index in [0.717, 1.165) is 75.7 Å². The summed E-state index contributed by atoms with van der Waals surface area (Å²) in [5, 5.41) is 19.1. The summed E-state index contributed by atoms with van der Waals surface area (Å²) in [6, 6.07) is 4.17. The standard InChI is InChI=1S/C18H27N7OS/c1-15-14-19-18(27-15)25-10-8-24(9-11-25)17-3-2-16(20-21-17)23-6-4-22(5-7-23)12-13-26/h2-3,14,26H,4-13H2,1H3. The first-order valence-corrected chi connectivity index (χ1v) is 10.4. The van der Waals surface area contributed by atoms with Crippen LogP contribution in [0.5, 0.6) is 0 Å². The topological polar surface area (TPSA) is 71.9 Å². The van der Waals surface area contributed by atoms with Crippen LogP contribution in [0.3, 0.4) is 0 Å². The fourth-order valence-electron chi connectivity index (χ4n) is 3.61. The third-order valence-electron chi connectivity index (χ3n) is 5.23. The number of hydrogen-bond acceptors (Lipinski definition) is 9. The molecule has 0 radical (unpaired) electrons. The maximum absolute atomic E-state index is 9.05. The molecule has 0 amide bonds. The van der Waals surface area contributed by atoms with Gasteiger partial charge in [0.05, 0.1) is 6.61 Å². The summed E-state index contributed by atoms with van der Waals surface area (Å²) in [5.41, 5.74) is 0. The van der Waals surface area contributed by atoms with Crippen molar-refractivity contribution in [2.45, 2.75) is 6.92 Å². The first kappa shape index (κ1) is 18.4. The monoisotopic (exact) mass is 389 g/mol. The average Bonchev–Trinajstić information content (AvgIpc) is 3.16. The molecule has 1 N–H and O–H groups in total. The van der Waals surface area contributed by atoms with Crippen LogP contribution in [0.4, 0.5) is 16.8 Å². The minimum absolute atomic E-state index is 0.226. The van der Waals surface area contributed by atoms with E-state index < -0.39 is 0 Å². The van der Waals surface area contributed by atoms with E-state index in [4.69, 9.17) is 5.11 Å². The molecule has 0 unspecified atom stereocenters. The number of aliphatic hydroxyl groups excluding tert-OH is 1. The number of hydrogen-bond donors (Lipinski definition) is 1. The summed E-state index contributed by atoms with van der Waals surface area (Å²) < 4.78 is 0. The summed E-state index contributed by atoms with van der Waals surface area (Å²) in [4.78, 5) is 14.9. The number of aliphatic hydroxyl groups is 1. The van der Waals surface area contributed by atoms with Gasteiger partial charge in [0.25, 0.3) is 0 Å². The molecular formula is C18H27N7OS. The molecule has 146 valence electrons. The first-order chi connectivity index (χ1) is 13.2. The van der Waals surface area contributed by atoms with E-state index in [2.05, 4.69) is 53.8 Å². The first-order valence-electron chi connectivity index (χ1n) is 9.57. The van der Waals surface area contributed by atoms with Crippen molar-refractivity contribution in [1.82, 2.24) is 20.1 Å². The Balaban J connectivity index is 1.31. The maximum Gasteiger partial charge on any atom is 0.185 e. The minimum atomic E-state index is 0.226. The highest BCUT2D eigenvalue weighted by Crippen LogP contribution is 2.24. The predicted molar refractivity (Wildman–Crippen MR) is 109 cm³/mol. The lowest BCUT2D eigenvalue weighted by Crippen LogP contribution is -2.48. The highest BCUT2D eigenvalue weighted by molar-refractivity contribution is 7.15. The van der Waals surface area contributed by atoms with Gasteiger partial charge in [-0.15, -0.1) is 21.5 Å². The van der Waals surface area contributed by atoms with Gasteiger partial charge >= 0.3 is 0 Å². The van der Waals surface area contributed by atoms with E-state index in [-0.39, 0.29) is 6.61 Å². The van der Waals surface area contributed by atoms with Crippen LogP contribution in [0.2, 0.25) is 0 Å². The average molecular weight is 390 g/mol. The van der Waals surface area contributed by atoms with Crippen molar-refractivity contribution in [3.8, 4) is 0 Å². The molecule has 9 heteroatoms. The lowest BCUT2D eigenvalue weighted by molar-refractivity contribution is 0.188. The van der Waals surface area contributed by atoms with E-state index in [1.807, 2.05) is 6.20 Å². The molecule has 4 heterocycles. The van der Waals surface area contributed by atoms with Crippen LogP contribution in [0.1, 0.15) is 4.88 Å². The quantitative estimate of drug-likeness (QED) is 0.801. The molecule has 27 heavy (non-hydrogen) atoms. The van der Waals surface area contributed by atoms with Crippen LogP contribution >= 0.6 is 11.3 Å². The molecule has 0 aliphatic carbocycles. The lowest BCUT2D eigenvalue weighted by atomic mass is 10.3. The Morgan fingerprint density at radius 1 is 0.889 bits per heavy atom. The van der Waals surface area contributed by atoms with Crippen molar-refractivity contribution in [2.24, 2.45) is 0 Å². The molecule has 2 aromatic rings. The Labute approximate surface area is 164 Å². The minimum Gasteiger partial charge on any atom is -0.395 e. The number of aryl methyl sites for hydroxylation is 1. The van der Waals surface area contributed by atoms with E-state index in [1.165, 1.54) is 4.88 Å². The summed E-state index contributed by atoms with van der Waals surface area (Å²) >= 11 is 1.76. The lowest BCUT2D eigenvalue weighted by Gasteiger charge is -2.36. The van der Waals surface area contributed by atoms with Gasteiger partial charge in [0, 0.05) is 70.0 Å². The van der Waals surface area contributed by atoms with Crippen LogP contribution in [-0.2, 0) is 0 Å². The fraction of sp³-hybridized carbons (Fsp3) is 0.611. The summed E-state index contributed by atoms with van der Waals surface area (Å²) in [7, 11) is 0. The predicted octanol–water partition coefficient (Wildman–Crippen LogP) is 0.682. The second-order valence-corrected chi connectivity index (χ2v) is 8.24. The van der Waals surface area contributed by atoms with Gasteiger partial charge in [-0.05, 0) is 19.1 Å². The zero-order valence-corrected chi connectivity index (χ0v) is 16.6. The van der Waals surface area contributed by atoms with Gasteiger partial charge < -0.3 is 19.8 Å². The van der Waals surface area contributed by atoms with Gasteiger partial charge in [-0.2, -0.15) is 0 Å². The molecule has 2 aliphatic rings. The molecule has 8 nitrogen and oxygen atoms in total. The highest BCUT2D eigenvalue weighted by Gasteiger charge is 2.22. The molecule has 4 rings (SSSR count). The zero-order valence-electron chi connectivity index (χ0n) is 15.8. The van der Waals surface area contributed by atoms with Gasteiger partial charge in [0.2, 0.25) is 0 Å². The van der Waals surface area contributed by atoms with Crippen molar-refractivity contribution in [3.63, 3.8) is 0 Å². The molecule has 0 atom stereocenters. The molecule has 0 bridgehead atoms. The zero-order chi connectivity index (χ0) is 18.6. The van der Waals surface area contributed by atoms with Gasteiger partial charge in [0.1, 0.15) is 0 Å². The van der Waals surface area contributed by atoms with Gasteiger partial charge in [-0.3, -0.25) is 4.90 Å². The second kappa shape index (κ2) is 8.37. The SMILES string of the molecule is Cc1cnc(N2CCN(c3ccc(N4CCN(CCO)CC4)nn3)CC2)s1. The molecule has 2 fully saturated rings. The van der Waals surface area contributed by atoms with Crippen LogP contribution in [0.15, 0.2) is 18.3 Å². The van der Waals surface area contributed by atoms with E-state index in [0.29, 0.717) is 0 Å². The molecule has 2 aliphatic heterocycles. The number of aromatic nitrogens is 3. The maximum atomic E-state index is 9.05. The third-order valence-corrected chi connectivity index (χ3v) is 6.21. The van der Waals surface area contributed by atoms with Gasteiger partial charge in [0.15, 0.2) is 16.8 Å². The Kier molecular flexibility index (Phi) is 5.70. The van der Waals surface area contributed by atoms with Gasteiger partial charge in [-0.1, -0.05) is 0 Å². The summed E-state index contributed by atoms with van der Waals surface area (Å²) in [6.07, 6.45) is 1.94. The van der Waals surface area contributed by atoms with Crippen molar-refractivity contribution in [1.29, 1.82) is 0 Å². The molecule has 0 aromatic carbocycles. The van der Waals surface area contributed by atoms with Crippen molar-refractivity contribution in [3.05, 3.63) is 23.2 Å². The Morgan fingerprint density at radius 2 is 1.44 bits per heavy atom. The van der Waals surface area contributed by atoms with E-state index in [9.17, 15) is 0 Å². The number of piperazine rings is 2. The molecule has 0 spiro atoms. The number of nitrogens with zero attached hydrogens (tertiary/aromatic N) is 7. The van der Waals surface area contributed by atoms with E-state index >= 15 is 0 Å². The Morgan fingerprint density at radius 3 is 1.93 bits per heavy atom. The molecule has 2 aromatic heterocycles. The van der Waals surface area contributed by atoms with Gasteiger partial charge in [-0.25, -0.2) is 4.98 Å². The van der Waals surface area contributed by atoms with Crippen LogP contribution in [0, 0.1) is 6.92 Å². The fourth-order valence-corrected chi connectivity index (χ4v) is 4.42. The van der Waals surface area contributed by atoms with Crippen LogP contribution in [0.25, 0.3) is 0 Å². The smallest absolute Gasteiger partial charge is 0.185 e. The normalized spacial score (nSPS) is 19.0. The largest absolute Gasteiger partial charge is 0.395 e. The molecule has 0 saturated carbocycles.